The molecule has 0 saturated carbocycles. The Morgan fingerprint density at radius 1 is 0.974 bits per heavy atom. The van der Waals surface area contributed by atoms with E-state index in [1.165, 1.54) is 28.7 Å². The van der Waals surface area contributed by atoms with Crippen molar-refractivity contribution in [1.82, 2.24) is 40.4 Å². The number of carboxylic acid groups (broad SMARTS) is 1. The summed E-state index contributed by atoms with van der Waals surface area (Å²) in [5.74, 6) is -3.08. The number of nitrogens with two attached hydrogens (primary N) is 1. The Bertz CT molecular complexity index is 1170. The van der Waals surface area contributed by atoms with Crippen molar-refractivity contribution in [3.05, 3.63) is 36.4 Å². The Morgan fingerprint density at radius 3 is 2.21 bits per heavy atom. The lowest BCUT2D eigenvalue weighted by molar-refractivity contribution is -0.147. The molecule has 0 bridgehead atoms. The van der Waals surface area contributed by atoms with Crippen molar-refractivity contribution in [2.24, 2.45) is 5.73 Å². The summed E-state index contributed by atoms with van der Waals surface area (Å²) in [7, 11) is 0. The summed E-state index contributed by atoms with van der Waals surface area (Å²) >= 11 is 0. The van der Waals surface area contributed by atoms with Crippen LogP contribution in [0.15, 0.2) is 25.0 Å². The van der Waals surface area contributed by atoms with Crippen LogP contribution in [0.4, 0.5) is 0 Å². The molecule has 0 aromatic carbocycles. The van der Waals surface area contributed by atoms with Crippen molar-refractivity contribution in [2.75, 3.05) is 19.6 Å². The third kappa shape index (κ3) is 6.79. The summed E-state index contributed by atoms with van der Waals surface area (Å²) in [5, 5.41) is 13.9. The summed E-state index contributed by atoms with van der Waals surface area (Å²) in [6.07, 6.45) is 8.41. The van der Waals surface area contributed by atoms with Gasteiger partial charge in [-0.1, -0.05) is 0 Å². The highest BCUT2D eigenvalue weighted by Crippen LogP contribution is 2.26. The number of hydrogen-bond acceptors (Lipinski definition) is 8. The maximum absolute atomic E-state index is 13.6. The third-order valence-electron chi connectivity index (χ3n) is 7.00. The average Bonchev–Trinajstić information content (AvgIpc) is 3.73. The number of amides is 4. The predicted octanol–water partition coefficient (Wildman–Crippen LogP) is -2.09. The lowest BCUT2D eigenvalue weighted by Crippen LogP contribution is -2.57. The molecule has 4 heterocycles. The van der Waals surface area contributed by atoms with Gasteiger partial charge >= 0.3 is 5.97 Å². The van der Waals surface area contributed by atoms with Crippen molar-refractivity contribution >= 4 is 29.6 Å². The van der Waals surface area contributed by atoms with Crippen molar-refractivity contribution in [1.29, 1.82) is 0 Å². The summed E-state index contributed by atoms with van der Waals surface area (Å²) in [5.41, 5.74) is 7.43. The van der Waals surface area contributed by atoms with Gasteiger partial charge in [-0.05, 0) is 25.7 Å². The fourth-order valence-electron chi connectivity index (χ4n) is 5.09. The Morgan fingerprint density at radius 2 is 1.59 bits per heavy atom. The van der Waals surface area contributed by atoms with Gasteiger partial charge in [-0.25, -0.2) is 9.97 Å². The highest BCUT2D eigenvalue weighted by molar-refractivity contribution is 5.95. The topological polar surface area (TPSA) is 219 Å². The molecule has 210 valence electrons. The van der Waals surface area contributed by atoms with Gasteiger partial charge in [0.2, 0.25) is 23.6 Å². The van der Waals surface area contributed by atoms with Crippen LogP contribution in [0, 0.1) is 0 Å². The van der Waals surface area contributed by atoms with Crippen LogP contribution in [0.2, 0.25) is 0 Å². The molecule has 2 aromatic heterocycles. The first-order valence-corrected chi connectivity index (χ1v) is 12.9. The summed E-state index contributed by atoms with van der Waals surface area (Å²) in [4.78, 5) is 80.2. The molecule has 39 heavy (non-hydrogen) atoms. The largest absolute Gasteiger partial charge is 0.480 e. The molecule has 0 spiro atoms. The third-order valence-corrected chi connectivity index (χ3v) is 7.00. The fourth-order valence-corrected chi connectivity index (χ4v) is 5.09. The lowest BCUT2D eigenvalue weighted by atomic mass is 10.1. The zero-order valence-corrected chi connectivity index (χ0v) is 21.3. The van der Waals surface area contributed by atoms with Gasteiger partial charge in [-0.2, -0.15) is 0 Å². The lowest BCUT2D eigenvalue weighted by Gasteiger charge is -2.32. The van der Waals surface area contributed by atoms with E-state index in [1.54, 1.807) is 6.20 Å². The molecule has 2 aliphatic heterocycles. The van der Waals surface area contributed by atoms with Gasteiger partial charge in [-0.15, -0.1) is 0 Å². The Balaban J connectivity index is 1.42. The zero-order chi connectivity index (χ0) is 27.9. The minimum absolute atomic E-state index is 0.0526. The first kappa shape index (κ1) is 27.8. The molecule has 7 N–H and O–H groups in total. The molecule has 0 aliphatic carbocycles. The molecule has 15 heteroatoms. The molecule has 4 rings (SSSR count). The van der Waals surface area contributed by atoms with E-state index in [0.29, 0.717) is 50.2 Å². The van der Waals surface area contributed by atoms with Gasteiger partial charge in [0.05, 0.1) is 18.7 Å². The van der Waals surface area contributed by atoms with Crippen molar-refractivity contribution in [3.63, 3.8) is 0 Å². The predicted molar refractivity (Wildman–Crippen MR) is 135 cm³/mol. The van der Waals surface area contributed by atoms with Crippen LogP contribution in [0.3, 0.4) is 0 Å². The Labute approximate surface area is 223 Å². The van der Waals surface area contributed by atoms with E-state index in [0.717, 1.165) is 0 Å². The number of carboxylic acids is 1. The van der Waals surface area contributed by atoms with Crippen LogP contribution in [-0.4, -0.2) is 108 Å². The number of aliphatic carboxylic acids is 1. The molecule has 2 fully saturated rings. The van der Waals surface area contributed by atoms with E-state index in [9.17, 15) is 24.0 Å². The van der Waals surface area contributed by atoms with E-state index >= 15 is 0 Å². The molecule has 0 radical (unpaired) electrons. The van der Waals surface area contributed by atoms with Gasteiger partial charge in [0.25, 0.3) is 0 Å². The van der Waals surface area contributed by atoms with E-state index in [2.05, 4.69) is 30.6 Å². The maximum atomic E-state index is 13.6. The summed E-state index contributed by atoms with van der Waals surface area (Å²) in [6.45, 7) is 0.134. The summed E-state index contributed by atoms with van der Waals surface area (Å²) < 4.78 is 0. The Kier molecular flexibility index (Phi) is 8.91. The minimum Gasteiger partial charge on any atom is -0.480 e. The van der Waals surface area contributed by atoms with Gasteiger partial charge in [0.15, 0.2) is 0 Å². The molecule has 4 atom stereocenters. The van der Waals surface area contributed by atoms with E-state index in [4.69, 9.17) is 10.8 Å². The Hall–Kier alpha value is -4.27. The number of nitrogens with one attached hydrogen (secondary N) is 4. The number of likely N-dealkylation sites (tertiary alicyclic amines) is 2. The molecule has 0 unspecified atom stereocenters. The van der Waals surface area contributed by atoms with E-state index < -0.39 is 48.5 Å². The zero-order valence-electron chi connectivity index (χ0n) is 21.3. The second-order valence-corrected chi connectivity index (χ2v) is 9.72. The maximum Gasteiger partial charge on any atom is 0.322 e. The number of nitrogens with zero attached hydrogens (tertiary/aromatic N) is 4. The van der Waals surface area contributed by atoms with Crippen molar-refractivity contribution in [2.45, 2.75) is 62.7 Å². The van der Waals surface area contributed by atoms with Gasteiger partial charge in [0, 0.05) is 49.7 Å². The minimum atomic E-state index is -1.22. The smallest absolute Gasteiger partial charge is 0.322 e. The van der Waals surface area contributed by atoms with Crippen molar-refractivity contribution in [3.8, 4) is 0 Å². The molecule has 4 amide bonds. The fraction of sp³-hybridized carbons (Fsp3) is 0.542. The van der Waals surface area contributed by atoms with Gasteiger partial charge < -0.3 is 41.2 Å². The highest BCUT2D eigenvalue weighted by atomic mass is 16.4. The van der Waals surface area contributed by atoms with Crippen LogP contribution in [0.1, 0.15) is 37.1 Å². The quantitative estimate of drug-likeness (QED) is 0.183. The number of carbonyl (C=O) groups is 5. The normalized spacial score (nSPS) is 20.4. The SMILES string of the molecule is N[C@@H](Cc1cnc[nH]1)C(=O)N1CCC[C@H]1C(=O)N1CCC[C@H]1C(=O)N[C@@H](Cc1cnc[nH]1)C(=O)NCC(=O)O. The first-order valence-electron chi connectivity index (χ1n) is 12.9. The van der Waals surface area contributed by atoms with Crippen molar-refractivity contribution < 1.29 is 29.1 Å². The number of hydrogen-bond donors (Lipinski definition) is 6. The van der Waals surface area contributed by atoms with Crippen LogP contribution >= 0.6 is 0 Å². The first-order chi connectivity index (χ1) is 18.7. The number of aromatic nitrogens is 4. The molecular formula is C24H33N9O6. The second-order valence-electron chi connectivity index (χ2n) is 9.72. The number of carbonyl (C=O) groups excluding carboxylic acids is 4. The number of rotatable bonds is 11. The highest BCUT2D eigenvalue weighted by Gasteiger charge is 2.43. The van der Waals surface area contributed by atoms with Gasteiger partial charge in [-0.3, -0.25) is 24.0 Å². The summed E-state index contributed by atoms with van der Waals surface area (Å²) in [6, 6.07) is -3.48. The number of aromatic amines is 2. The molecule has 2 saturated heterocycles. The van der Waals surface area contributed by atoms with E-state index in [1.807, 2.05) is 0 Å². The van der Waals surface area contributed by atoms with Crippen LogP contribution in [0.5, 0.6) is 0 Å². The number of imidazole rings is 2. The standard InChI is InChI=1S/C24H33N9O6/c25-16(7-14-9-26-12-29-14)23(38)33-6-2-4-19(33)24(39)32-5-1-3-18(32)22(37)31-17(8-15-10-27-13-30-15)21(36)28-11-20(34)35/h9-10,12-13,16-19H,1-8,11,25H2,(H,26,29)(H,27,30)(H,28,36)(H,31,37)(H,34,35)/t16-,17-,18-,19-/m0/s1. The second kappa shape index (κ2) is 12.5. The van der Waals surface area contributed by atoms with Gasteiger partial charge in [0.1, 0.15) is 24.7 Å². The van der Waals surface area contributed by atoms with E-state index in [-0.39, 0.29) is 24.7 Å². The molecule has 2 aliphatic rings. The number of H-pyrrole nitrogens is 2. The van der Waals surface area contributed by atoms with Crippen LogP contribution < -0.4 is 16.4 Å². The van der Waals surface area contributed by atoms with Crippen LogP contribution in [-0.2, 0) is 36.8 Å². The van der Waals surface area contributed by atoms with Crippen LogP contribution in [0.25, 0.3) is 0 Å². The molecular weight excluding hydrogens is 510 g/mol. The molecule has 15 nitrogen and oxygen atoms in total. The molecule has 2 aromatic rings. The monoisotopic (exact) mass is 543 g/mol. The average molecular weight is 544 g/mol.